The Kier molecular flexibility index (Phi) is 11.5. The number of nitrogens with one attached hydrogen (secondary N) is 1. The zero-order valence-corrected chi connectivity index (χ0v) is 28.1. The van der Waals surface area contributed by atoms with E-state index in [4.69, 9.17) is 23.2 Å². The van der Waals surface area contributed by atoms with E-state index >= 15 is 0 Å². The minimum atomic E-state index is -4.25. The van der Waals surface area contributed by atoms with Crippen molar-refractivity contribution in [3.63, 3.8) is 0 Å². The van der Waals surface area contributed by atoms with Gasteiger partial charge in [0.2, 0.25) is 11.8 Å². The van der Waals surface area contributed by atoms with Crippen LogP contribution in [0.2, 0.25) is 10.0 Å². The number of anilines is 1. The standard InChI is InChI=1S/C33H32BrCl2N3O4S/c1-3-37-33(41)31(19-24-7-5-4-6-8-24)38(21-25-11-13-26(34)14-12-25)32(40)22-39(27-15-18-29(35)30(36)20-27)44(42,43)28-16-9-23(2)10-17-28/h4-18,20,31H,3,19,21-22H2,1-2H3,(H,37,41). The Hall–Kier alpha value is -3.37. The van der Waals surface area contributed by atoms with Gasteiger partial charge in [0.1, 0.15) is 12.6 Å². The van der Waals surface area contributed by atoms with Crippen molar-refractivity contribution in [2.75, 3.05) is 17.4 Å². The van der Waals surface area contributed by atoms with E-state index < -0.39 is 28.5 Å². The minimum Gasteiger partial charge on any atom is -0.355 e. The van der Waals surface area contributed by atoms with Gasteiger partial charge in [-0.25, -0.2) is 8.42 Å². The number of sulfonamides is 1. The van der Waals surface area contributed by atoms with Crippen molar-refractivity contribution >= 4 is 66.7 Å². The molecule has 230 valence electrons. The number of hydrogen-bond donors (Lipinski definition) is 1. The van der Waals surface area contributed by atoms with Gasteiger partial charge in [0.05, 0.1) is 20.6 Å². The second-order valence-corrected chi connectivity index (χ2v) is 13.8. The van der Waals surface area contributed by atoms with E-state index in [9.17, 15) is 18.0 Å². The molecule has 4 aromatic rings. The molecule has 0 saturated heterocycles. The van der Waals surface area contributed by atoms with Gasteiger partial charge in [-0.05, 0) is 67.4 Å². The second kappa shape index (κ2) is 15.1. The highest BCUT2D eigenvalue weighted by Crippen LogP contribution is 2.31. The van der Waals surface area contributed by atoms with Crippen LogP contribution < -0.4 is 9.62 Å². The maximum atomic E-state index is 14.4. The topological polar surface area (TPSA) is 86.8 Å². The van der Waals surface area contributed by atoms with Crippen LogP contribution in [0.5, 0.6) is 0 Å². The number of carbonyl (C=O) groups excluding carboxylic acids is 2. The van der Waals surface area contributed by atoms with E-state index in [-0.39, 0.29) is 39.5 Å². The van der Waals surface area contributed by atoms with Gasteiger partial charge in [0, 0.05) is 24.0 Å². The van der Waals surface area contributed by atoms with Crippen molar-refractivity contribution in [2.45, 2.75) is 37.8 Å². The Morgan fingerprint density at radius 3 is 2.14 bits per heavy atom. The van der Waals surface area contributed by atoms with Gasteiger partial charge in [0.25, 0.3) is 10.0 Å². The lowest BCUT2D eigenvalue weighted by atomic mass is 10.0. The van der Waals surface area contributed by atoms with Crippen molar-refractivity contribution in [1.82, 2.24) is 10.2 Å². The smallest absolute Gasteiger partial charge is 0.264 e. The van der Waals surface area contributed by atoms with E-state index in [0.717, 1.165) is 25.5 Å². The number of carbonyl (C=O) groups is 2. The van der Waals surface area contributed by atoms with Gasteiger partial charge in [-0.15, -0.1) is 0 Å². The van der Waals surface area contributed by atoms with Crippen LogP contribution in [0.3, 0.4) is 0 Å². The summed E-state index contributed by atoms with van der Waals surface area (Å²) >= 11 is 15.9. The molecule has 0 aliphatic rings. The molecule has 11 heteroatoms. The largest absolute Gasteiger partial charge is 0.355 e. The van der Waals surface area contributed by atoms with Crippen molar-refractivity contribution in [3.8, 4) is 0 Å². The molecular weight excluding hydrogens is 685 g/mol. The maximum Gasteiger partial charge on any atom is 0.264 e. The predicted octanol–water partition coefficient (Wildman–Crippen LogP) is 7.04. The first kappa shape index (κ1) is 33.5. The summed E-state index contributed by atoms with van der Waals surface area (Å²) in [5.41, 5.74) is 2.67. The van der Waals surface area contributed by atoms with Crippen molar-refractivity contribution < 1.29 is 18.0 Å². The van der Waals surface area contributed by atoms with E-state index in [1.165, 1.54) is 35.2 Å². The minimum absolute atomic E-state index is 0.00555. The number of nitrogens with zero attached hydrogens (tertiary/aromatic N) is 2. The molecular formula is C33H32BrCl2N3O4S. The Labute approximate surface area is 277 Å². The molecule has 0 aromatic heterocycles. The molecule has 4 rings (SSSR count). The average molecular weight is 718 g/mol. The Morgan fingerprint density at radius 2 is 1.52 bits per heavy atom. The lowest BCUT2D eigenvalue weighted by molar-refractivity contribution is -0.140. The SMILES string of the molecule is CCNC(=O)C(Cc1ccccc1)N(Cc1ccc(Br)cc1)C(=O)CN(c1ccc(Cl)c(Cl)c1)S(=O)(=O)c1ccc(C)cc1. The Morgan fingerprint density at radius 1 is 0.864 bits per heavy atom. The van der Waals surface area contributed by atoms with Gasteiger partial charge in [0.15, 0.2) is 0 Å². The number of hydrogen-bond acceptors (Lipinski definition) is 4. The normalized spacial score (nSPS) is 11.9. The summed E-state index contributed by atoms with van der Waals surface area (Å²) in [5, 5.41) is 3.23. The monoisotopic (exact) mass is 715 g/mol. The number of aryl methyl sites for hydroxylation is 1. The third kappa shape index (κ3) is 8.41. The first-order valence-electron chi connectivity index (χ1n) is 13.9. The Bertz CT molecular complexity index is 1700. The molecule has 44 heavy (non-hydrogen) atoms. The van der Waals surface area contributed by atoms with Crippen molar-refractivity contribution in [1.29, 1.82) is 0 Å². The van der Waals surface area contributed by atoms with Crippen LogP contribution in [-0.2, 0) is 32.6 Å². The molecule has 0 bridgehead atoms. The van der Waals surface area contributed by atoms with E-state index in [1.807, 2.05) is 61.5 Å². The number of benzene rings is 4. The van der Waals surface area contributed by atoms with Crippen LogP contribution >= 0.6 is 39.1 Å². The molecule has 4 aromatic carbocycles. The lowest BCUT2D eigenvalue weighted by Gasteiger charge is -2.34. The number of halogens is 3. The number of likely N-dealkylation sites (N-methyl/N-ethyl adjacent to an activating group) is 1. The highest BCUT2D eigenvalue weighted by atomic mass is 79.9. The summed E-state index contributed by atoms with van der Waals surface area (Å²) in [6.45, 7) is 3.50. The molecule has 2 amide bonds. The molecule has 0 spiro atoms. The van der Waals surface area contributed by atoms with Crippen LogP contribution in [0.25, 0.3) is 0 Å². The molecule has 1 unspecified atom stereocenters. The zero-order chi connectivity index (χ0) is 31.9. The third-order valence-corrected chi connectivity index (χ3v) is 10.0. The number of rotatable bonds is 12. The molecule has 0 aliphatic heterocycles. The summed E-state index contributed by atoms with van der Waals surface area (Å²) in [6.07, 6.45) is 0.229. The van der Waals surface area contributed by atoms with Gasteiger partial charge < -0.3 is 10.2 Å². The first-order chi connectivity index (χ1) is 21.0. The fraction of sp³-hybridized carbons (Fsp3) is 0.212. The summed E-state index contributed by atoms with van der Waals surface area (Å²) in [4.78, 5) is 29.4. The highest BCUT2D eigenvalue weighted by molar-refractivity contribution is 9.10. The summed E-state index contributed by atoms with van der Waals surface area (Å²) in [5.74, 6) is -0.911. The van der Waals surface area contributed by atoms with Gasteiger partial charge in [-0.3, -0.25) is 13.9 Å². The first-order valence-corrected chi connectivity index (χ1v) is 16.9. The van der Waals surface area contributed by atoms with Crippen molar-refractivity contribution in [2.24, 2.45) is 0 Å². The van der Waals surface area contributed by atoms with E-state index in [0.29, 0.717) is 6.54 Å². The van der Waals surface area contributed by atoms with Crippen LogP contribution in [-0.4, -0.2) is 44.3 Å². The van der Waals surface area contributed by atoms with Crippen LogP contribution in [0.1, 0.15) is 23.6 Å². The maximum absolute atomic E-state index is 14.4. The molecule has 0 heterocycles. The fourth-order valence-electron chi connectivity index (χ4n) is 4.64. The quantitative estimate of drug-likeness (QED) is 0.171. The predicted molar refractivity (Wildman–Crippen MR) is 179 cm³/mol. The zero-order valence-electron chi connectivity index (χ0n) is 24.2. The van der Waals surface area contributed by atoms with Crippen LogP contribution in [0, 0.1) is 6.92 Å². The van der Waals surface area contributed by atoms with E-state index in [1.54, 1.807) is 19.1 Å². The van der Waals surface area contributed by atoms with Gasteiger partial charge in [-0.2, -0.15) is 0 Å². The van der Waals surface area contributed by atoms with Crippen molar-refractivity contribution in [3.05, 3.63) is 128 Å². The molecule has 7 nitrogen and oxygen atoms in total. The summed E-state index contributed by atoms with van der Waals surface area (Å²) < 4.78 is 30.0. The van der Waals surface area contributed by atoms with Gasteiger partial charge in [-0.1, -0.05) is 99.3 Å². The third-order valence-electron chi connectivity index (χ3n) is 6.97. The average Bonchev–Trinajstić information content (AvgIpc) is 3.00. The fourth-order valence-corrected chi connectivity index (χ4v) is 6.60. The molecule has 0 aliphatic carbocycles. The van der Waals surface area contributed by atoms with Crippen LogP contribution in [0.4, 0.5) is 5.69 Å². The highest BCUT2D eigenvalue weighted by Gasteiger charge is 2.34. The summed E-state index contributed by atoms with van der Waals surface area (Å²) in [6, 6.07) is 26.6. The molecule has 1 atom stereocenters. The molecule has 0 radical (unpaired) electrons. The molecule has 0 fully saturated rings. The van der Waals surface area contributed by atoms with Gasteiger partial charge >= 0.3 is 0 Å². The Balaban J connectivity index is 1.81. The molecule has 0 saturated carbocycles. The summed E-state index contributed by atoms with van der Waals surface area (Å²) in [7, 11) is -4.25. The number of amides is 2. The molecule has 1 N–H and O–H groups in total. The second-order valence-electron chi connectivity index (χ2n) is 10.2. The lowest BCUT2D eigenvalue weighted by Crippen LogP contribution is -2.53. The van der Waals surface area contributed by atoms with Crippen LogP contribution in [0.15, 0.2) is 106 Å². The van der Waals surface area contributed by atoms with E-state index in [2.05, 4.69) is 21.2 Å².